The van der Waals surface area contributed by atoms with E-state index in [1.54, 1.807) is 23.6 Å². The Morgan fingerprint density at radius 1 is 1.23 bits per heavy atom. The van der Waals surface area contributed by atoms with Crippen molar-refractivity contribution in [3.8, 4) is 11.4 Å². The number of benzene rings is 1. The third kappa shape index (κ3) is 2.82. The number of methoxy groups -OCH3 is 1. The summed E-state index contributed by atoms with van der Waals surface area (Å²) in [6.45, 7) is 3.83. The number of ether oxygens (including phenoxy) is 1. The van der Waals surface area contributed by atoms with Crippen LogP contribution in [0, 0.1) is 13.8 Å². The van der Waals surface area contributed by atoms with Crippen LogP contribution in [0.4, 0.5) is 0 Å². The molecule has 0 aliphatic rings. The van der Waals surface area contributed by atoms with Crippen LogP contribution in [0.5, 0.6) is 5.75 Å². The zero-order valence-corrected chi connectivity index (χ0v) is 13.3. The maximum absolute atomic E-state index is 5.17. The molecule has 0 saturated carbocycles. The highest BCUT2D eigenvalue weighted by atomic mass is 32.2. The van der Waals surface area contributed by atoms with E-state index >= 15 is 0 Å². The van der Waals surface area contributed by atoms with E-state index in [4.69, 9.17) is 9.26 Å². The SMILES string of the molecule is COc1ccc(-n2nnnc2SCc2c(C)noc2C)cc1. The molecule has 7 nitrogen and oxygen atoms in total. The molecule has 8 heteroatoms. The molecule has 0 N–H and O–H groups in total. The number of hydrogen-bond acceptors (Lipinski definition) is 7. The lowest BCUT2D eigenvalue weighted by Crippen LogP contribution is -1.99. The van der Waals surface area contributed by atoms with Gasteiger partial charge in [-0.3, -0.25) is 0 Å². The Balaban J connectivity index is 1.80. The lowest BCUT2D eigenvalue weighted by Gasteiger charge is -2.05. The van der Waals surface area contributed by atoms with E-state index in [1.165, 1.54) is 0 Å². The molecule has 0 bridgehead atoms. The highest BCUT2D eigenvalue weighted by Crippen LogP contribution is 2.26. The summed E-state index contributed by atoms with van der Waals surface area (Å²) in [6, 6.07) is 7.57. The molecule has 0 saturated heterocycles. The molecule has 22 heavy (non-hydrogen) atoms. The molecule has 0 amide bonds. The number of nitrogens with zero attached hydrogens (tertiary/aromatic N) is 5. The van der Waals surface area contributed by atoms with Gasteiger partial charge in [-0.15, -0.1) is 5.10 Å². The quantitative estimate of drug-likeness (QED) is 0.669. The van der Waals surface area contributed by atoms with Gasteiger partial charge in [-0.1, -0.05) is 16.9 Å². The summed E-state index contributed by atoms with van der Waals surface area (Å²) in [7, 11) is 1.64. The third-order valence-corrected chi connectivity index (χ3v) is 4.23. The maximum atomic E-state index is 5.17. The van der Waals surface area contributed by atoms with E-state index in [0.29, 0.717) is 10.9 Å². The first kappa shape index (κ1) is 14.6. The van der Waals surface area contributed by atoms with Crippen molar-refractivity contribution in [1.29, 1.82) is 0 Å². The molecular formula is C14H15N5O2S. The molecule has 2 heterocycles. The highest BCUT2D eigenvalue weighted by Gasteiger charge is 2.13. The Bertz CT molecular complexity index is 746. The first-order valence-electron chi connectivity index (χ1n) is 6.66. The second-order valence-corrected chi connectivity index (χ2v) is 5.61. The van der Waals surface area contributed by atoms with Gasteiger partial charge >= 0.3 is 0 Å². The molecule has 0 aliphatic heterocycles. The van der Waals surface area contributed by atoms with Crippen LogP contribution in [0.3, 0.4) is 0 Å². The number of thioether (sulfide) groups is 1. The number of hydrogen-bond donors (Lipinski definition) is 0. The van der Waals surface area contributed by atoms with Gasteiger partial charge in [0.05, 0.1) is 18.5 Å². The second kappa shape index (κ2) is 6.18. The molecule has 1 aromatic carbocycles. The fraction of sp³-hybridized carbons (Fsp3) is 0.286. The van der Waals surface area contributed by atoms with Crippen molar-refractivity contribution in [1.82, 2.24) is 25.4 Å². The molecule has 0 unspecified atom stereocenters. The molecule has 114 valence electrons. The van der Waals surface area contributed by atoms with Crippen LogP contribution in [0.25, 0.3) is 5.69 Å². The van der Waals surface area contributed by atoms with E-state index in [1.807, 2.05) is 38.1 Å². The van der Waals surface area contributed by atoms with Crippen LogP contribution in [-0.4, -0.2) is 32.5 Å². The lowest BCUT2D eigenvalue weighted by atomic mass is 10.2. The first-order valence-corrected chi connectivity index (χ1v) is 7.65. The Morgan fingerprint density at radius 3 is 2.64 bits per heavy atom. The molecule has 3 aromatic rings. The minimum Gasteiger partial charge on any atom is -0.497 e. The van der Waals surface area contributed by atoms with Crippen molar-refractivity contribution in [3.05, 3.63) is 41.3 Å². The van der Waals surface area contributed by atoms with Crippen molar-refractivity contribution in [2.75, 3.05) is 7.11 Å². The standard InChI is InChI=1S/C14H15N5O2S/c1-9-13(10(2)21-16-9)8-22-14-15-17-18-19(14)11-4-6-12(20-3)7-5-11/h4-7H,8H2,1-3H3. The average molecular weight is 317 g/mol. The van der Waals surface area contributed by atoms with Crippen LogP contribution in [0.1, 0.15) is 17.0 Å². The monoisotopic (exact) mass is 317 g/mol. The summed E-state index contributed by atoms with van der Waals surface area (Å²) < 4.78 is 12.0. The van der Waals surface area contributed by atoms with Gasteiger partial charge < -0.3 is 9.26 Å². The minimum absolute atomic E-state index is 0.706. The van der Waals surface area contributed by atoms with E-state index < -0.39 is 0 Å². The Morgan fingerprint density at radius 2 is 2.00 bits per heavy atom. The largest absolute Gasteiger partial charge is 0.497 e. The Hall–Kier alpha value is -2.35. The number of rotatable bonds is 5. The first-order chi connectivity index (χ1) is 10.7. The lowest BCUT2D eigenvalue weighted by molar-refractivity contribution is 0.392. The van der Waals surface area contributed by atoms with Gasteiger partial charge in [0, 0.05) is 11.3 Å². The summed E-state index contributed by atoms with van der Waals surface area (Å²) in [5, 5.41) is 16.5. The van der Waals surface area contributed by atoms with Crippen molar-refractivity contribution in [3.63, 3.8) is 0 Å². The molecule has 0 aliphatic carbocycles. The molecule has 0 fully saturated rings. The van der Waals surface area contributed by atoms with Crippen LogP contribution in [0.15, 0.2) is 33.9 Å². The van der Waals surface area contributed by atoms with Gasteiger partial charge in [0.25, 0.3) is 0 Å². The van der Waals surface area contributed by atoms with Gasteiger partial charge in [-0.2, -0.15) is 4.68 Å². The fourth-order valence-corrected chi connectivity index (χ4v) is 3.04. The summed E-state index contributed by atoms with van der Waals surface area (Å²) in [5.41, 5.74) is 2.86. The Kier molecular flexibility index (Phi) is 4.10. The van der Waals surface area contributed by atoms with Gasteiger partial charge in [-0.05, 0) is 48.5 Å². The van der Waals surface area contributed by atoms with Crippen molar-refractivity contribution in [2.24, 2.45) is 0 Å². The fourth-order valence-electron chi connectivity index (χ4n) is 2.00. The van der Waals surface area contributed by atoms with Gasteiger partial charge in [0.15, 0.2) is 0 Å². The molecule has 0 atom stereocenters. The Labute approximate surface area is 131 Å². The molecule has 0 spiro atoms. The van der Waals surface area contributed by atoms with Crippen LogP contribution in [-0.2, 0) is 5.75 Å². The molecule has 2 aromatic heterocycles. The predicted molar refractivity (Wildman–Crippen MR) is 81.2 cm³/mol. The molecular weight excluding hydrogens is 302 g/mol. The maximum Gasteiger partial charge on any atom is 0.214 e. The van der Waals surface area contributed by atoms with Gasteiger partial charge in [0.1, 0.15) is 11.5 Å². The van der Waals surface area contributed by atoms with Crippen LogP contribution in [0.2, 0.25) is 0 Å². The van der Waals surface area contributed by atoms with Crippen molar-refractivity contribution in [2.45, 2.75) is 24.8 Å². The van der Waals surface area contributed by atoms with E-state index in [0.717, 1.165) is 28.5 Å². The number of aryl methyl sites for hydroxylation is 2. The summed E-state index contributed by atoms with van der Waals surface area (Å²) in [4.78, 5) is 0. The van der Waals surface area contributed by atoms with Crippen molar-refractivity contribution < 1.29 is 9.26 Å². The van der Waals surface area contributed by atoms with E-state index in [-0.39, 0.29) is 0 Å². The van der Waals surface area contributed by atoms with Crippen LogP contribution < -0.4 is 4.74 Å². The third-order valence-electron chi connectivity index (χ3n) is 3.28. The summed E-state index contributed by atoms with van der Waals surface area (Å²) >= 11 is 1.54. The number of tetrazole rings is 1. The summed E-state index contributed by atoms with van der Waals surface area (Å²) in [6.07, 6.45) is 0. The predicted octanol–water partition coefficient (Wildman–Crippen LogP) is 2.57. The minimum atomic E-state index is 0.706. The van der Waals surface area contributed by atoms with Gasteiger partial charge in [-0.25, -0.2) is 0 Å². The average Bonchev–Trinajstić information content (AvgIpc) is 3.13. The zero-order valence-electron chi connectivity index (χ0n) is 12.5. The summed E-state index contributed by atoms with van der Waals surface area (Å²) in [5.74, 6) is 2.33. The van der Waals surface area contributed by atoms with Gasteiger partial charge in [0.2, 0.25) is 5.16 Å². The smallest absolute Gasteiger partial charge is 0.214 e. The zero-order chi connectivity index (χ0) is 15.5. The van der Waals surface area contributed by atoms with E-state index in [2.05, 4.69) is 20.7 Å². The van der Waals surface area contributed by atoms with Crippen molar-refractivity contribution >= 4 is 11.8 Å². The topological polar surface area (TPSA) is 78.9 Å². The molecule has 0 radical (unpaired) electrons. The highest BCUT2D eigenvalue weighted by molar-refractivity contribution is 7.98. The number of aromatic nitrogens is 5. The normalized spacial score (nSPS) is 10.9. The van der Waals surface area contributed by atoms with Crippen LogP contribution >= 0.6 is 11.8 Å². The second-order valence-electron chi connectivity index (χ2n) is 4.66. The van der Waals surface area contributed by atoms with E-state index in [9.17, 15) is 0 Å². The molecule has 3 rings (SSSR count).